The number of hydrogen-bond donors (Lipinski definition) is 2. The van der Waals surface area contributed by atoms with Gasteiger partial charge in [-0.05, 0) is 29.8 Å². The molecule has 0 fully saturated rings. The Balaban J connectivity index is 1.56. The summed E-state index contributed by atoms with van der Waals surface area (Å²) in [4.78, 5) is 13.1. The van der Waals surface area contributed by atoms with Crippen molar-refractivity contribution in [2.24, 2.45) is 0 Å². The lowest BCUT2D eigenvalue weighted by molar-refractivity contribution is 0.0955. The van der Waals surface area contributed by atoms with Crippen molar-refractivity contribution in [3.05, 3.63) is 65.0 Å². The Bertz CT molecular complexity index is 999. The minimum Gasteiger partial charge on any atom is -0.508 e. The Labute approximate surface area is 140 Å². The van der Waals surface area contributed by atoms with Crippen LogP contribution in [0.25, 0.3) is 19.5 Å². The Kier molecular flexibility index (Phi) is 3.52. The van der Waals surface area contributed by atoms with Gasteiger partial charge in [0.05, 0.1) is 9.58 Å². The van der Waals surface area contributed by atoms with Crippen LogP contribution < -0.4 is 5.32 Å². The van der Waals surface area contributed by atoms with Crippen LogP contribution in [-0.4, -0.2) is 11.0 Å². The van der Waals surface area contributed by atoms with E-state index in [1.54, 1.807) is 35.6 Å². The summed E-state index contributed by atoms with van der Waals surface area (Å²) in [6.07, 6.45) is 0. The van der Waals surface area contributed by atoms with Gasteiger partial charge in [0.1, 0.15) is 5.75 Å². The molecule has 4 rings (SSSR count). The molecule has 0 aliphatic carbocycles. The van der Waals surface area contributed by atoms with E-state index in [4.69, 9.17) is 0 Å². The average molecular weight is 339 g/mol. The molecule has 5 heteroatoms. The van der Waals surface area contributed by atoms with E-state index in [-0.39, 0.29) is 11.7 Å². The number of thiophene rings is 2. The number of amides is 1. The first-order valence-electron chi connectivity index (χ1n) is 7.18. The first-order chi connectivity index (χ1) is 11.2. The predicted octanol–water partition coefficient (Wildman–Crippen LogP) is 4.75. The molecule has 0 radical (unpaired) electrons. The number of phenols is 1. The summed E-state index contributed by atoms with van der Waals surface area (Å²) in [6.45, 7) is 0.450. The number of benzene rings is 2. The number of hydrogen-bond acceptors (Lipinski definition) is 4. The van der Waals surface area contributed by atoms with Gasteiger partial charge in [0.15, 0.2) is 0 Å². The maximum absolute atomic E-state index is 12.3. The second-order valence-corrected chi connectivity index (χ2v) is 7.39. The molecule has 3 nitrogen and oxygen atoms in total. The van der Waals surface area contributed by atoms with E-state index in [0.717, 1.165) is 15.1 Å². The molecular formula is C18H13NO2S2. The van der Waals surface area contributed by atoms with Crippen LogP contribution in [0.5, 0.6) is 5.75 Å². The second kappa shape index (κ2) is 5.68. The first-order valence-corrected chi connectivity index (χ1v) is 8.81. The molecule has 1 amide bonds. The summed E-state index contributed by atoms with van der Waals surface area (Å²) in [5.41, 5.74) is 0.958. The lowest BCUT2D eigenvalue weighted by Gasteiger charge is -2.03. The zero-order valence-corrected chi connectivity index (χ0v) is 13.7. The molecule has 0 saturated heterocycles. The zero-order valence-electron chi connectivity index (χ0n) is 12.1. The third kappa shape index (κ3) is 2.69. The molecule has 2 N–H and O–H groups in total. The molecular weight excluding hydrogens is 326 g/mol. The third-order valence-corrected chi connectivity index (χ3v) is 6.08. The van der Waals surface area contributed by atoms with Gasteiger partial charge in [0, 0.05) is 21.3 Å². The molecule has 0 atom stereocenters. The van der Waals surface area contributed by atoms with Gasteiger partial charge in [0.25, 0.3) is 5.91 Å². The lowest BCUT2D eigenvalue weighted by atomic mass is 10.2. The Morgan fingerprint density at radius 2 is 1.78 bits per heavy atom. The van der Waals surface area contributed by atoms with Crippen molar-refractivity contribution in [3.8, 4) is 5.75 Å². The van der Waals surface area contributed by atoms with Gasteiger partial charge in [-0.1, -0.05) is 30.3 Å². The van der Waals surface area contributed by atoms with Gasteiger partial charge in [0.2, 0.25) is 0 Å². The maximum Gasteiger partial charge on any atom is 0.261 e. The summed E-state index contributed by atoms with van der Waals surface area (Å²) in [7, 11) is 0. The maximum atomic E-state index is 12.3. The van der Waals surface area contributed by atoms with E-state index in [1.165, 1.54) is 26.1 Å². The van der Waals surface area contributed by atoms with Crippen molar-refractivity contribution >= 4 is 48.1 Å². The summed E-state index contributed by atoms with van der Waals surface area (Å²) in [5.74, 6) is 0.168. The number of fused-ring (bicyclic) bond motifs is 3. The van der Waals surface area contributed by atoms with E-state index in [1.807, 2.05) is 18.2 Å². The van der Waals surface area contributed by atoms with E-state index < -0.39 is 0 Å². The summed E-state index contributed by atoms with van der Waals surface area (Å²) >= 11 is 3.26. The fourth-order valence-electron chi connectivity index (χ4n) is 2.49. The monoisotopic (exact) mass is 339 g/mol. The predicted molar refractivity (Wildman–Crippen MR) is 96.5 cm³/mol. The molecule has 0 aliphatic heterocycles. The molecule has 0 bridgehead atoms. The topological polar surface area (TPSA) is 49.3 Å². The number of phenolic OH excluding ortho intramolecular Hbond substituents is 1. The van der Waals surface area contributed by atoms with Crippen molar-refractivity contribution in [1.29, 1.82) is 0 Å². The molecule has 4 aromatic rings. The van der Waals surface area contributed by atoms with Gasteiger partial charge in [-0.2, -0.15) is 0 Å². The fourth-order valence-corrected chi connectivity index (χ4v) is 4.94. The quantitative estimate of drug-likeness (QED) is 0.566. The number of rotatable bonds is 3. The smallest absolute Gasteiger partial charge is 0.261 e. The minimum atomic E-state index is -0.0597. The van der Waals surface area contributed by atoms with Crippen molar-refractivity contribution in [3.63, 3.8) is 0 Å². The Morgan fingerprint density at radius 3 is 2.61 bits per heavy atom. The standard InChI is InChI=1S/C18H13NO2S2/c20-12-7-5-11(6-8-12)10-19-18(21)16-9-15-17(23-16)13-3-1-2-4-14(13)22-15/h1-9,20H,10H2,(H,19,21). The number of nitrogens with one attached hydrogen (secondary N) is 1. The largest absolute Gasteiger partial charge is 0.508 e. The molecule has 2 heterocycles. The van der Waals surface area contributed by atoms with Crippen molar-refractivity contribution in [1.82, 2.24) is 5.32 Å². The van der Waals surface area contributed by atoms with Gasteiger partial charge in [-0.3, -0.25) is 4.79 Å². The van der Waals surface area contributed by atoms with Crippen LogP contribution in [0.4, 0.5) is 0 Å². The summed E-state index contributed by atoms with van der Waals surface area (Å²) in [5, 5.41) is 13.4. The average Bonchev–Trinajstić information content (AvgIpc) is 3.12. The zero-order chi connectivity index (χ0) is 15.8. The highest BCUT2D eigenvalue weighted by Gasteiger charge is 2.14. The van der Waals surface area contributed by atoms with Gasteiger partial charge >= 0.3 is 0 Å². The van der Waals surface area contributed by atoms with Gasteiger partial charge < -0.3 is 10.4 Å². The van der Waals surface area contributed by atoms with Crippen molar-refractivity contribution in [2.75, 3.05) is 0 Å². The van der Waals surface area contributed by atoms with Crippen LogP contribution in [0.15, 0.2) is 54.6 Å². The van der Waals surface area contributed by atoms with Crippen molar-refractivity contribution < 1.29 is 9.90 Å². The Morgan fingerprint density at radius 1 is 1.00 bits per heavy atom. The summed E-state index contributed by atoms with van der Waals surface area (Å²) in [6, 6.07) is 17.1. The number of aromatic hydroxyl groups is 1. The van der Waals surface area contributed by atoms with Gasteiger partial charge in [-0.15, -0.1) is 22.7 Å². The molecule has 0 aliphatic rings. The highest BCUT2D eigenvalue weighted by Crippen LogP contribution is 2.39. The van der Waals surface area contributed by atoms with Crippen molar-refractivity contribution in [2.45, 2.75) is 6.54 Å². The van der Waals surface area contributed by atoms with Crippen LogP contribution in [0.1, 0.15) is 15.2 Å². The lowest BCUT2D eigenvalue weighted by Crippen LogP contribution is -2.21. The molecule has 114 valence electrons. The van der Waals surface area contributed by atoms with Crippen LogP contribution in [-0.2, 0) is 6.54 Å². The number of carbonyl (C=O) groups excluding carboxylic acids is 1. The normalized spacial score (nSPS) is 11.1. The SMILES string of the molecule is O=C(NCc1ccc(O)cc1)c1cc2sc3ccccc3c2s1. The molecule has 2 aromatic heterocycles. The van der Waals surface area contributed by atoms with Crippen LogP contribution in [0.2, 0.25) is 0 Å². The van der Waals surface area contributed by atoms with E-state index in [0.29, 0.717) is 6.54 Å². The van der Waals surface area contributed by atoms with E-state index in [9.17, 15) is 9.90 Å². The highest BCUT2D eigenvalue weighted by atomic mass is 32.1. The molecule has 2 aromatic carbocycles. The summed E-state index contributed by atoms with van der Waals surface area (Å²) < 4.78 is 3.59. The van der Waals surface area contributed by atoms with Crippen LogP contribution >= 0.6 is 22.7 Å². The van der Waals surface area contributed by atoms with Crippen LogP contribution in [0, 0.1) is 0 Å². The highest BCUT2D eigenvalue weighted by molar-refractivity contribution is 7.33. The molecule has 23 heavy (non-hydrogen) atoms. The molecule has 0 unspecified atom stereocenters. The fraction of sp³-hybridized carbons (Fsp3) is 0.0556. The number of carbonyl (C=O) groups is 1. The third-order valence-electron chi connectivity index (χ3n) is 3.66. The van der Waals surface area contributed by atoms with E-state index in [2.05, 4.69) is 17.4 Å². The molecule has 0 spiro atoms. The first kappa shape index (κ1) is 14.2. The van der Waals surface area contributed by atoms with Crippen LogP contribution in [0.3, 0.4) is 0 Å². The minimum absolute atomic E-state index is 0.0597. The van der Waals surface area contributed by atoms with E-state index >= 15 is 0 Å². The second-order valence-electron chi connectivity index (χ2n) is 5.25. The Hall–Kier alpha value is -2.37. The van der Waals surface area contributed by atoms with Gasteiger partial charge in [-0.25, -0.2) is 0 Å². The molecule has 0 saturated carbocycles.